The third-order valence-electron chi connectivity index (χ3n) is 5.54. The Morgan fingerprint density at radius 1 is 0.929 bits per heavy atom. The van der Waals surface area contributed by atoms with Crippen molar-refractivity contribution in [1.29, 1.82) is 0 Å². The van der Waals surface area contributed by atoms with Crippen molar-refractivity contribution in [2.75, 3.05) is 0 Å². The average molecular weight is 391 g/mol. The van der Waals surface area contributed by atoms with E-state index in [4.69, 9.17) is 20.8 Å². The van der Waals surface area contributed by atoms with Gasteiger partial charge >= 0.3 is 5.63 Å². The largest absolute Gasteiger partial charge is 0.487 e. The molecule has 0 radical (unpaired) electrons. The lowest BCUT2D eigenvalue weighted by Crippen LogP contribution is -2.15. The second-order valence-electron chi connectivity index (χ2n) is 7.26. The molecule has 1 aliphatic carbocycles. The standard InChI is InChI=1S/C24H19ClO3/c25-21-12-20-18-10-3-4-11-19(18)24(26)28-22(20)13-23(21)27-14-16-8-5-7-15-6-1-2-9-17(15)16/h1-2,5-9,12-13H,3-4,10-11,14H2. The molecule has 1 heterocycles. The first-order valence-electron chi connectivity index (χ1n) is 9.58. The smallest absolute Gasteiger partial charge is 0.339 e. The van der Waals surface area contributed by atoms with Gasteiger partial charge in [-0.3, -0.25) is 0 Å². The van der Waals surface area contributed by atoms with E-state index in [9.17, 15) is 4.79 Å². The van der Waals surface area contributed by atoms with Gasteiger partial charge in [0, 0.05) is 17.0 Å². The third-order valence-corrected chi connectivity index (χ3v) is 5.83. The molecule has 3 aromatic carbocycles. The van der Waals surface area contributed by atoms with E-state index in [-0.39, 0.29) is 5.63 Å². The maximum Gasteiger partial charge on any atom is 0.339 e. The van der Waals surface area contributed by atoms with Gasteiger partial charge in [0.05, 0.1) is 5.02 Å². The van der Waals surface area contributed by atoms with Gasteiger partial charge in [-0.1, -0.05) is 54.1 Å². The number of benzene rings is 3. The highest BCUT2D eigenvalue weighted by Gasteiger charge is 2.19. The van der Waals surface area contributed by atoms with Crippen LogP contribution in [0.1, 0.15) is 29.5 Å². The van der Waals surface area contributed by atoms with Crippen LogP contribution in [-0.2, 0) is 19.4 Å². The topological polar surface area (TPSA) is 39.4 Å². The molecule has 0 saturated carbocycles. The van der Waals surface area contributed by atoms with Crippen LogP contribution in [0.2, 0.25) is 5.02 Å². The Kier molecular flexibility index (Phi) is 4.33. The van der Waals surface area contributed by atoms with Gasteiger partial charge in [-0.05, 0) is 53.6 Å². The van der Waals surface area contributed by atoms with Crippen LogP contribution in [0.5, 0.6) is 5.75 Å². The van der Waals surface area contributed by atoms with Crippen molar-refractivity contribution >= 4 is 33.3 Å². The number of fused-ring (bicyclic) bond motifs is 4. The van der Waals surface area contributed by atoms with Gasteiger partial charge in [0.2, 0.25) is 0 Å². The Labute approximate surface area is 167 Å². The first kappa shape index (κ1) is 17.3. The number of aryl methyl sites for hydroxylation is 1. The minimum absolute atomic E-state index is 0.232. The molecule has 1 aliphatic rings. The molecule has 5 rings (SSSR count). The van der Waals surface area contributed by atoms with E-state index in [1.165, 1.54) is 5.39 Å². The summed E-state index contributed by atoms with van der Waals surface area (Å²) in [5, 5.41) is 3.79. The molecule has 1 aromatic heterocycles. The molecule has 0 amide bonds. The monoisotopic (exact) mass is 390 g/mol. The Hall–Kier alpha value is -2.78. The predicted molar refractivity (Wildman–Crippen MR) is 112 cm³/mol. The van der Waals surface area contributed by atoms with E-state index in [0.717, 1.165) is 53.1 Å². The van der Waals surface area contributed by atoms with E-state index in [0.29, 0.717) is 23.0 Å². The quantitative estimate of drug-likeness (QED) is 0.399. The average Bonchev–Trinajstić information content (AvgIpc) is 2.73. The molecule has 0 bridgehead atoms. The number of hydrogen-bond acceptors (Lipinski definition) is 3. The number of rotatable bonds is 3. The van der Waals surface area contributed by atoms with E-state index in [2.05, 4.69) is 18.2 Å². The van der Waals surface area contributed by atoms with Crippen LogP contribution in [0, 0.1) is 0 Å². The predicted octanol–water partition coefficient (Wildman–Crippen LogP) is 6.06. The van der Waals surface area contributed by atoms with Crippen LogP contribution in [0.4, 0.5) is 0 Å². The zero-order valence-corrected chi connectivity index (χ0v) is 16.1. The summed E-state index contributed by atoms with van der Waals surface area (Å²) in [7, 11) is 0. The van der Waals surface area contributed by atoms with Gasteiger partial charge < -0.3 is 9.15 Å². The van der Waals surface area contributed by atoms with Crippen LogP contribution < -0.4 is 10.4 Å². The minimum Gasteiger partial charge on any atom is -0.487 e. The minimum atomic E-state index is -0.232. The molecular formula is C24H19ClO3. The molecule has 3 nitrogen and oxygen atoms in total. The fourth-order valence-electron chi connectivity index (χ4n) is 4.13. The lowest BCUT2D eigenvalue weighted by Gasteiger charge is -2.17. The van der Waals surface area contributed by atoms with Crippen molar-refractivity contribution in [3.8, 4) is 5.75 Å². The number of ether oxygens (including phenoxy) is 1. The van der Waals surface area contributed by atoms with Gasteiger partial charge in [0.25, 0.3) is 0 Å². The summed E-state index contributed by atoms with van der Waals surface area (Å²) < 4.78 is 11.6. The van der Waals surface area contributed by atoms with E-state index in [1.807, 2.05) is 30.3 Å². The van der Waals surface area contributed by atoms with Crippen molar-refractivity contribution in [1.82, 2.24) is 0 Å². The molecule has 0 atom stereocenters. The maximum absolute atomic E-state index is 12.4. The highest BCUT2D eigenvalue weighted by molar-refractivity contribution is 6.32. The van der Waals surface area contributed by atoms with Gasteiger partial charge in [-0.25, -0.2) is 4.79 Å². The fourth-order valence-corrected chi connectivity index (χ4v) is 4.35. The van der Waals surface area contributed by atoms with Crippen LogP contribution in [0.3, 0.4) is 0 Å². The van der Waals surface area contributed by atoms with Gasteiger partial charge in [-0.2, -0.15) is 0 Å². The molecule has 4 aromatic rings. The molecule has 0 saturated heterocycles. The molecular weight excluding hydrogens is 372 g/mol. The molecule has 0 aliphatic heterocycles. The van der Waals surface area contributed by atoms with Crippen molar-refractivity contribution < 1.29 is 9.15 Å². The first-order chi connectivity index (χ1) is 13.7. The number of hydrogen-bond donors (Lipinski definition) is 0. The van der Waals surface area contributed by atoms with Crippen LogP contribution in [0.25, 0.3) is 21.7 Å². The van der Waals surface area contributed by atoms with Crippen LogP contribution in [-0.4, -0.2) is 0 Å². The van der Waals surface area contributed by atoms with Crippen LogP contribution in [0.15, 0.2) is 63.8 Å². The molecule has 0 fully saturated rings. The summed E-state index contributed by atoms with van der Waals surface area (Å²) >= 11 is 6.53. The van der Waals surface area contributed by atoms with Crippen molar-refractivity contribution in [3.63, 3.8) is 0 Å². The summed E-state index contributed by atoms with van der Waals surface area (Å²) in [4.78, 5) is 12.4. The maximum atomic E-state index is 12.4. The molecule has 0 unspecified atom stereocenters. The summed E-state index contributed by atoms with van der Waals surface area (Å²) in [6, 6.07) is 18.0. The molecule has 140 valence electrons. The lowest BCUT2D eigenvalue weighted by atomic mass is 9.91. The van der Waals surface area contributed by atoms with E-state index in [1.54, 1.807) is 6.07 Å². The highest BCUT2D eigenvalue weighted by atomic mass is 35.5. The lowest BCUT2D eigenvalue weighted by molar-refractivity contribution is 0.308. The molecule has 4 heteroatoms. The van der Waals surface area contributed by atoms with Crippen molar-refractivity contribution in [2.45, 2.75) is 32.3 Å². The number of halogens is 1. The van der Waals surface area contributed by atoms with Gasteiger partial charge in [0.15, 0.2) is 0 Å². The van der Waals surface area contributed by atoms with E-state index >= 15 is 0 Å². The third kappa shape index (κ3) is 2.96. The Morgan fingerprint density at radius 3 is 2.61 bits per heavy atom. The normalized spacial score (nSPS) is 13.6. The summed E-state index contributed by atoms with van der Waals surface area (Å²) in [6.45, 7) is 0.391. The summed E-state index contributed by atoms with van der Waals surface area (Å²) in [6.07, 6.45) is 3.79. The molecule has 0 N–H and O–H groups in total. The Bertz CT molecular complexity index is 1250. The van der Waals surface area contributed by atoms with Gasteiger partial charge in [-0.15, -0.1) is 0 Å². The molecule has 28 heavy (non-hydrogen) atoms. The van der Waals surface area contributed by atoms with Gasteiger partial charge in [0.1, 0.15) is 17.9 Å². The first-order valence-corrected chi connectivity index (χ1v) is 9.96. The molecule has 0 spiro atoms. The Morgan fingerprint density at radius 2 is 1.71 bits per heavy atom. The van der Waals surface area contributed by atoms with E-state index < -0.39 is 0 Å². The van der Waals surface area contributed by atoms with Crippen molar-refractivity contribution in [3.05, 3.63) is 86.7 Å². The fraction of sp³-hybridized carbons (Fsp3) is 0.208. The highest BCUT2D eigenvalue weighted by Crippen LogP contribution is 2.35. The van der Waals surface area contributed by atoms with Crippen molar-refractivity contribution in [2.24, 2.45) is 0 Å². The second-order valence-corrected chi connectivity index (χ2v) is 7.67. The summed E-state index contributed by atoms with van der Waals surface area (Å²) in [5.41, 5.74) is 3.29. The second kappa shape index (κ2) is 6.99. The Balaban J connectivity index is 1.53. The zero-order chi connectivity index (χ0) is 19.1. The zero-order valence-electron chi connectivity index (χ0n) is 15.3. The SMILES string of the molecule is O=c1oc2cc(OCc3cccc4ccccc34)c(Cl)cc2c2c1CCCC2. The summed E-state index contributed by atoms with van der Waals surface area (Å²) in [5.74, 6) is 0.529. The van der Waals surface area contributed by atoms with Crippen LogP contribution >= 0.6 is 11.6 Å².